The third-order valence-electron chi connectivity index (χ3n) is 2.15. The standard InChI is InChI=1S/C13H27NO3/c1-4-5-6-13(15)14-7-8-16-9-10-17-11-12(2)3/h12H,4-11H2,1-3H3,(H,14,15). The molecule has 0 aliphatic rings. The van der Waals surface area contributed by atoms with Crippen molar-refractivity contribution in [2.24, 2.45) is 5.92 Å². The van der Waals surface area contributed by atoms with Gasteiger partial charge >= 0.3 is 0 Å². The number of nitrogens with one attached hydrogen (secondary N) is 1. The van der Waals surface area contributed by atoms with Gasteiger partial charge in [0.25, 0.3) is 0 Å². The molecular formula is C13H27NO3. The van der Waals surface area contributed by atoms with Crippen molar-refractivity contribution in [1.29, 1.82) is 0 Å². The fourth-order valence-electron chi connectivity index (χ4n) is 1.23. The van der Waals surface area contributed by atoms with Crippen LogP contribution in [0.2, 0.25) is 0 Å². The van der Waals surface area contributed by atoms with Crippen LogP contribution in [-0.4, -0.2) is 38.9 Å². The molecule has 0 atom stereocenters. The predicted molar refractivity (Wildman–Crippen MR) is 69.0 cm³/mol. The molecule has 0 bridgehead atoms. The van der Waals surface area contributed by atoms with Crippen LogP contribution in [0.25, 0.3) is 0 Å². The van der Waals surface area contributed by atoms with Crippen LogP contribution >= 0.6 is 0 Å². The molecule has 17 heavy (non-hydrogen) atoms. The van der Waals surface area contributed by atoms with Crippen LogP contribution in [0, 0.1) is 5.92 Å². The molecule has 0 aromatic carbocycles. The first-order chi connectivity index (χ1) is 8.16. The van der Waals surface area contributed by atoms with Crippen molar-refractivity contribution >= 4 is 5.91 Å². The van der Waals surface area contributed by atoms with Gasteiger partial charge in [-0.15, -0.1) is 0 Å². The smallest absolute Gasteiger partial charge is 0.220 e. The lowest BCUT2D eigenvalue weighted by Gasteiger charge is -2.08. The maximum atomic E-state index is 11.2. The Labute approximate surface area is 105 Å². The number of carbonyl (C=O) groups excluding carboxylic acids is 1. The maximum absolute atomic E-state index is 11.2. The molecule has 0 rings (SSSR count). The highest BCUT2D eigenvalue weighted by Gasteiger charge is 1.98. The van der Waals surface area contributed by atoms with E-state index < -0.39 is 0 Å². The van der Waals surface area contributed by atoms with E-state index in [1.54, 1.807) is 0 Å². The van der Waals surface area contributed by atoms with Crippen LogP contribution in [0.5, 0.6) is 0 Å². The maximum Gasteiger partial charge on any atom is 0.220 e. The second kappa shape index (κ2) is 11.9. The van der Waals surface area contributed by atoms with Crippen molar-refractivity contribution in [2.45, 2.75) is 40.0 Å². The lowest BCUT2D eigenvalue weighted by molar-refractivity contribution is -0.121. The lowest BCUT2D eigenvalue weighted by Crippen LogP contribution is -2.27. The number of hydrogen-bond donors (Lipinski definition) is 1. The van der Waals surface area contributed by atoms with E-state index in [2.05, 4.69) is 26.1 Å². The van der Waals surface area contributed by atoms with Gasteiger partial charge in [-0.05, 0) is 12.3 Å². The summed E-state index contributed by atoms with van der Waals surface area (Å²) in [6, 6.07) is 0. The minimum atomic E-state index is 0.117. The Morgan fingerprint density at radius 2 is 1.88 bits per heavy atom. The summed E-state index contributed by atoms with van der Waals surface area (Å²) in [6.45, 7) is 9.46. The van der Waals surface area contributed by atoms with Crippen molar-refractivity contribution in [3.63, 3.8) is 0 Å². The molecule has 102 valence electrons. The van der Waals surface area contributed by atoms with E-state index in [9.17, 15) is 4.79 Å². The average Bonchev–Trinajstić information content (AvgIpc) is 2.29. The Morgan fingerprint density at radius 1 is 1.18 bits per heavy atom. The van der Waals surface area contributed by atoms with Crippen molar-refractivity contribution in [3.8, 4) is 0 Å². The third-order valence-corrected chi connectivity index (χ3v) is 2.15. The van der Waals surface area contributed by atoms with Crippen molar-refractivity contribution in [1.82, 2.24) is 5.32 Å². The number of amides is 1. The summed E-state index contributed by atoms with van der Waals surface area (Å²) < 4.78 is 10.7. The third kappa shape index (κ3) is 13.3. The Morgan fingerprint density at radius 3 is 2.53 bits per heavy atom. The summed E-state index contributed by atoms with van der Waals surface area (Å²) in [5.74, 6) is 0.680. The van der Waals surface area contributed by atoms with Crippen LogP contribution < -0.4 is 5.32 Å². The Kier molecular flexibility index (Phi) is 11.4. The highest BCUT2D eigenvalue weighted by Crippen LogP contribution is 1.93. The number of unbranched alkanes of at least 4 members (excludes halogenated alkanes) is 1. The summed E-state index contributed by atoms with van der Waals surface area (Å²) in [4.78, 5) is 11.2. The fourth-order valence-corrected chi connectivity index (χ4v) is 1.23. The molecule has 4 heteroatoms. The molecule has 1 amide bonds. The molecule has 0 aliphatic heterocycles. The van der Waals surface area contributed by atoms with E-state index in [1.807, 2.05) is 0 Å². The molecule has 0 saturated heterocycles. The minimum Gasteiger partial charge on any atom is -0.379 e. The molecule has 0 heterocycles. The lowest BCUT2D eigenvalue weighted by atomic mass is 10.2. The van der Waals surface area contributed by atoms with Gasteiger partial charge in [0, 0.05) is 19.6 Å². The molecule has 0 saturated carbocycles. The monoisotopic (exact) mass is 245 g/mol. The zero-order valence-electron chi connectivity index (χ0n) is 11.5. The number of carbonyl (C=O) groups is 1. The van der Waals surface area contributed by atoms with Gasteiger partial charge in [-0.3, -0.25) is 4.79 Å². The first-order valence-corrected chi connectivity index (χ1v) is 6.59. The fraction of sp³-hybridized carbons (Fsp3) is 0.923. The van der Waals surface area contributed by atoms with Gasteiger partial charge in [0.1, 0.15) is 0 Å². The van der Waals surface area contributed by atoms with Gasteiger partial charge in [-0.2, -0.15) is 0 Å². The van der Waals surface area contributed by atoms with Crippen molar-refractivity contribution < 1.29 is 14.3 Å². The van der Waals surface area contributed by atoms with Gasteiger partial charge < -0.3 is 14.8 Å². The largest absolute Gasteiger partial charge is 0.379 e. The first kappa shape index (κ1) is 16.4. The normalized spacial score (nSPS) is 10.8. The molecule has 0 radical (unpaired) electrons. The summed E-state index contributed by atoms with van der Waals surface area (Å²) >= 11 is 0. The van der Waals surface area contributed by atoms with Crippen molar-refractivity contribution in [3.05, 3.63) is 0 Å². The van der Waals surface area contributed by atoms with E-state index in [0.717, 1.165) is 19.4 Å². The highest BCUT2D eigenvalue weighted by molar-refractivity contribution is 5.75. The van der Waals surface area contributed by atoms with Crippen LogP contribution in [0.3, 0.4) is 0 Å². The topological polar surface area (TPSA) is 47.6 Å². The van der Waals surface area contributed by atoms with E-state index in [-0.39, 0.29) is 5.91 Å². The van der Waals surface area contributed by atoms with Gasteiger partial charge in [-0.1, -0.05) is 27.2 Å². The molecule has 0 aliphatic carbocycles. The SMILES string of the molecule is CCCCC(=O)NCCOCCOCC(C)C. The zero-order valence-corrected chi connectivity index (χ0v) is 11.5. The van der Waals surface area contributed by atoms with Gasteiger partial charge in [-0.25, -0.2) is 0 Å². The van der Waals surface area contributed by atoms with E-state index in [1.165, 1.54) is 0 Å². The number of ether oxygens (including phenoxy) is 2. The first-order valence-electron chi connectivity index (χ1n) is 6.59. The molecule has 1 N–H and O–H groups in total. The summed E-state index contributed by atoms with van der Waals surface area (Å²) in [7, 11) is 0. The average molecular weight is 245 g/mol. The van der Waals surface area contributed by atoms with Gasteiger partial charge in [0.15, 0.2) is 0 Å². The van der Waals surface area contributed by atoms with Gasteiger partial charge in [0.05, 0.1) is 19.8 Å². The molecule has 0 fully saturated rings. The quantitative estimate of drug-likeness (QED) is 0.566. The molecule has 0 unspecified atom stereocenters. The van der Waals surface area contributed by atoms with Crippen LogP contribution in [0.15, 0.2) is 0 Å². The Hall–Kier alpha value is -0.610. The van der Waals surface area contributed by atoms with Crippen LogP contribution in [0.1, 0.15) is 40.0 Å². The Bertz CT molecular complexity index is 184. The summed E-state index contributed by atoms with van der Waals surface area (Å²) in [5, 5.41) is 2.82. The van der Waals surface area contributed by atoms with Gasteiger partial charge in [0.2, 0.25) is 5.91 Å². The van der Waals surface area contributed by atoms with E-state index in [4.69, 9.17) is 9.47 Å². The summed E-state index contributed by atoms with van der Waals surface area (Å²) in [6.07, 6.45) is 2.63. The molecule has 0 aromatic heterocycles. The second-order valence-corrected chi connectivity index (χ2v) is 4.53. The summed E-state index contributed by atoms with van der Waals surface area (Å²) in [5.41, 5.74) is 0. The molecular weight excluding hydrogens is 218 g/mol. The minimum absolute atomic E-state index is 0.117. The molecule has 0 spiro atoms. The van der Waals surface area contributed by atoms with Crippen LogP contribution in [-0.2, 0) is 14.3 Å². The van der Waals surface area contributed by atoms with E-state index in [0.29, 0.717) is 38.7 Å². The van der Waals surface area contributed by atoms with E-state index >= 15 is 0 Å². The van der Waals surface area contributed by atoms with Crippen molar-refractivity contribution in [2.75, 3.05) is 33.0 Å². The number of hydrogen-bond acceptors (Lipinski definition) is 3. The second-order valence-electron chi connectivity index (χ2n) is 4.53. The molecule has 0 aromatic rings. The predicted octanol–water partition coefficient (Wildman–Crippen LogP) is 1.98. The Balaban J connectivity index is 3.10. The number of rotatable bonds is 11. The zero-order chi connectivity index (χ0) is 12.9. The van der Waals surface area contributed by atoms with Crippen LogP contribution in [0.4, 0.5) is 0 Å². The highest BCUT2D eigenvalue weighted by atomic mass is 16.5. The molecule has 4 nitrogen and oxygen atoms in total.